The number of rotatable bonds is 2. The van der Waals surface area contributed by atoms with Gasteiger partial charge in [0, 0.05) is 16.6 Å². The van der Waals surface area contributed by atoms with Gasteiger partial charge in [0.15, 0.2) is 0 Å². The molecular formula is C11H14BrF3NO5S+. The van der Waals surface area contributed by atoms with Crippen LogP contribution < -0.4 is 4.48 Å². The highest BCUT2D eigenvalue weighted by Crippen LogP contribution is 2.25. The summed E-state index contributed by atoms with van der Waals surface area (Å²) in [7, 11) is 0.250. The van der Waals surface area contributed by atoms with E-state index in [0.29, 0.717) is 14.5 Å². The molecule has 0 unspecified atom stereocenters. The Labute approximate surface area is 133 Å². The number of aromatic carboxylic acids is 1. The fraction of sp³-hybridized carbons (Fsp3) is 0.364. The van der Waals surface area contributed by atoms with Gasteiger partial charge in [-0.15, -0.1) is 0 Å². The first-order valence-corrected chi connectivity index (χ1v) is 7.69. The molecule has 0 atom stereocenters. The zero-order valence-electron chi connectivity index (χ0n) is 11.7. The van der Waals surface area contributed by atoms with E-state index in [9.17, 15) is 18.0 Å². The first kappa shape index (κ1) is 20.8. The molecule has 0 saturated heterocycles. The Bertz CT molecular complexity index is 653. The van der Waals surface area contributed by atoms with Crippen molar-refractivity contribution in [2.24, 2.45) is 0 Å². The second-order valence-electron chi connectivity index (χ2n) is 4.90. The van der Waals surface area contributed by atoms with Crippen LogP contribution in [0.5, 0.6) is 0 Å². The zero-order valence-corrected chi connectivity index (χ0v) is 14.1. The highest BCUT2D eigenvalue weighted by Gasteiger charge is 2.44. The molecule has 126 valence electrons. The maximum Gasteiger partial charge on any atom is 0.522 e. The number of carboxylic acid groups (broad SMARTS) is 1. The van der Waals surface area contributed by atoms with Crippen molar-refractivity contribution in [2.45, 2.75) is 5.51 Å². The SMILES string of the molecule is C[N+](C)(C)c1ccc(C(=O)O)c(Br)c1.O=S(=O)(O)C(F)(F)F. The van der Waals surface area contributed by atoms with Crippen LogP contribution in [-0.4, -0.2) is 50.7 Å². The molecule has 0 fully saturated rings. The molecule has 2 N–H and O–H groups in total. The second kappa shape index (κ2) is 6.94. The number of carbonyl (C=O) groups is 1. The average molecular weight is 409 g/mol. The molecule has 0 heterocycles. The lowest BCUT2D eigenvalue weighted by Gasteiger charge is -2.23. The van der Waals surface area contributed by atoms with Crippen LogP contribution >= 0.6 is 15.9 Å². The van der Waals surface area contributed by atoms with E-state index < -0.39 is 21.6 Å². The van der Waals surface area contributed by atoms with E-state index in [0.717, 1.165) is 5.69 Å². The molecule has 0 aliphatic rings. The number of hydrogen-bond donors (Lipinski definition) is 2. The quantitative estimate of drug-likeness (QED) is 0.445. The van der Waals surface area contributed by atoms with Crippen LogP contribution in [0.15, 0.2) is 22.7 Å². The molecule has 0 bridgehead atoms. The van der Waals surface area contributed by atoms with Crippen molar-refractivity contribution in [3.63, 3.8) is 0 Å². The van der Waals surface area contributed by atoms with Gasteiger partial charge in [-0.3, -0.25) is 9.04 Å². The third-order valence-corrected chi connectivity index (χ3v) is 3.49. The van der Waals surface area contributed by atoms with Crippen LogP contribution in [0, 0.1) is 0 Å². The molecule has 0 radical (unpaired) electrons. The Morgan fingerprint density at radius 2 is 1.64 bits per heavy atom. The number of quaternary nitrogens is 1. The molecule has 1 aromatic rings. The van der Waals surface area contributed by atoms with Crippen LogP contribution in [0.2, 0.25) is 0 Å². The number of nitrogens with zero attached hydrogens (tertiary/aromatic N) is 1. The minimum Gasteiger partial charge on any atom is -0.478 e. The number of hydrogen-bond acceptors (Lipinski definition) is 3. The van der Waals surface area contributed by atoms with E-state index in [4.69, 9.17) is 18.1 Å². The minimum atomic E-state index is -5.84. The van der Waals surface area contributed by atoms with Gasteiger partial charge in [0.25, 0.3) is 0 Å². The van der Waals surface area contributed by atoms with Crippen LogP contribution in [0.4, 0.5) is 18.9 Å². The Kier molecular flexibility index (Phi) is 6.57. The van der Waals surface area contributed by atoms with E-state index in [1.165, 1.54) is 0 Å². The van der Waals surface area contributed by atoms with E-state index in [2.05, 4.69) is 15.9 Å². The summed E-state index contributed by atoms with van der Waals surface area (Å²) >= 11 is 3.25. The molecule has 1 aromatic carbocycles. The normalized spacial score (nSPS) is 12.4. The minimum absolute atomic E-state index is 0.294. The summed E-state index contributed by atoms with van der Waals surface area (Å²) in [5, 5.41) is 8.82. The van der Waals surface area contributed by atoms with Gasteiger partial charge in [0.05, 0.1) is 26.7 Å². The maximum absolute atomic E-state index is 10.7. The van der Waals surface area contributed by atoms with Crippen molar-refractivity contribution in [3.8, 4) is 0 Å². The summed E-state index contributed by atoms with van der Waals surface area (Å²) in [5.41, 5.74) is -4.18. The number of carboxylic acids is 1. The summed E-state index contributed by atoms with van der Waals surface area (Å²) < 4.78 is 58.8. The summed E-state index contributed by atoms with van der Waals surface area (Å²) in [5.74, 6) is -0.912. The van der Waals surface area contributed by atoms with Gasteiger partial charge in [-0.2, -0.15) is 21.6 Å². The lowest BCUT2D eigenvalue weighted by Crippen LogP contribution is -2.34. The van der Waals surface area contributed by atoms with E-state index in [1.807, 2.05) is 33.3 Å². The standard InChI is InChI=1S/C10H12BrNO2.CHF3O3S/c1-12(2,3)7-4-5-8(10(13)14)9(11)6-7;2-1(3,4)8(5,6)7/h4-6H,1-3H3;(H,5,6,7)/p+1. The van der Waals surface area contributed by atoms with Crippen molar-refractivity contribution < 1.29 is 36.0 Å². The molecule has 0 aromatic heterocycles. The van der Waals surface area contributed by atoms with Gasteiger partial charge in [0.2, 0.25) is 0 Å². The Morgan fingerprint density at radius 3 is 1.86 bits per heavy atom. The van der Waals surface area contributed by atoms with Crippen molar-refractivity contribution in [2.75, 3.05) is 21.1 Å². The Morgan fingerprint density at radius 1 is 1.23 bits per heavy atom. The van der Waals surface area contributed by atoms with Gasteiger partial charge < -0.3 is 5.11 Å². The predicted octanol–water partition coefficient (Wildman–Crippen LogP) is 2.74. The molecule has 0 amide bonds. The number of benzene rings is 1. The smallest absolute Gasteiger partial charge is 0.478 e. The van der Waals surface area contributed by atoms with Crippen molar-refractivity contribution in [1.82, 2.24) is 4.48 Å². The zero-order chi connectivity index (χ0) is 17.9. The van der Waals surface area contributed by atoms with Crippen molar-refractivity contribution in [1.29, 1.82) is 0 Å². The Balaban J connectivity index is 0.000000472. The fourth-order valence-electron chi connectivity index (χ4n) is 1.09. The van der Waals surface area contributed by atoms with Crippen LogP contribution in [0.1, 0.15) is 10.4 Å². The largest absolute Gasteiger partial charge is 0.522 e. The molecule has 0 aliphatic carbocycles. The third kappa shape index (κ3) is 6.30. The van der Waals surface area contributed by atoms with Gasteiger partial charge in [-0.1, -0.05) is 0 Å². The van der Waals surface area contributed by atoms with E-state index in [-0.39, 0.29) is 0 Å². The predicted molar refractivity (Wildman–Crippen MR) is 78.3 cm³/mol. The van der Waals surface area contributed by atoms with Crippen LogP contribution in [-0.2, 0) is 10.1 Å². The highest BCUT2D eigenvalue weighted by molar-refractivity contribution is 9.10. The average Bonchev–Trinajstić information content (AvgIpc) is 2.25. The fourth-order valence-corrected chi connectivity index (χ4v) is 1.63. The highest BCUT2D eigenvalue weighted by atomic mass is 79.9. The topological polar surface area (TPSA) is 91.7 Å². The summed E-state index contributed by atoms with van der Waals surface area (Å²) in [6, 6.07) is 5.28. The monoisotopic (exact) mass is 408 g/mol. The molecule has 0 spiro atoms. The first-order chi connectivity index (χ1) is 9.57. The molecular weight excluding hydrogens is 395 g/mol. The van der Waals surface area contributed by atoms with Crippen molar-refractivity contribution in [3.05, 3.63) is 28.2 Å². The van der Waals surface area contributed by atoms with Crippen LogP contribution in [0.25, 0.3) is 0 Å². The third-order valence-electron chi connectivity index (χ3n) is 2.25. The van der Waals surface area contributed by atoms with E-state index in [1.54, 1.807) is 6.07 Å². The van der Waals surface area contributed by atoms with Gasteiger partial charge in [-0.25, -0.2) is 4.79 Å². The molecule has 22 heavy (non-hydrogen) atoms. The lowest BCUT2D eigenvalue weighted by atomic mass is 10.2. The van der Waals surface area contributed by atoms with Gasteiger partial charge >= 0.3 is 21.6 Å². The molecule has 0 aliphatic heterocycles. The molecule has 11 heteroatoms. The van der Waals surface area contributed by atoms with Gasteiger partial charge in [0.1, 0.15) is 5.69 Å². The second-order valence-corrected chi connectivity index (χ2v) is 7.17. The maximum atomic E-state index is 10.7. The molecule has 6 nitrogen and oxygen atoms in total. The van der Waals surface area contributed by atoms with Gasteiger partial charge in [-0.05, 0) is 22.0 Å². The summed E-state index contributed by atoms with van der Waals surface area (Å²) in [6.45, 7) is 0. The molecule has 1 rings (SSSR count). The summed E-state index contributed by atoms with van der Waals surface area (Å²) in [4.78, 5) is 10.7. The van der Waals surface area contributed by atoms with E-state index >= 15 is 0 Å². The number of alkyl halides is 3. The molecule has 0 saturated carbocycles. The van der Waals surface area contributed by atoms with Crippen molar-refractivity contribution >= 4 is 37.7 Å². The number of halogens is 4. The Hall–Kier alpha value is -1.17. The lowest BCUT2D eigenvalue weighted by molar-refractivity contribution is -0.0510. The first-order valence-electron chi connectivity index (χ1n) is 5.46. The summed E-state index contributed by atoms with van der Waals surface area (Å²) in [6.07, 6.45) is 0. The van der Waals surface area contributed by atoms with Crippen LogP contribution in [0.3, 0.4) is 0 Å².